The summed E-state index contributed by atoms with van der Waals surface area (Å²) in [5.41, 5.74) is 9.34. The molecule has 0 aliphatic carbocycles. The van der Waals surface area contributed by atoms with Crippen molar-refractivity contribution in [3.63, 3.8) is 0 Å². The van der Waals surface area contributed by atoms with Gasteiger partial charge in [0, 0.05) is 24.5 Å². The number of hydrogen-bond acceptors (Lipinski definition) is 2. The average molecular weight is 218 g/mol. The van der Waals surface area contributed by atoms with E-state index in [4.69, 9.17) is 5.73 Å². The fraction of sp³-hybridized carbons (Fsp3) is 0.571. The van der Waals surface area contributed by atoms with Crippen molar-refractivity contribution < 1.29 is 0 Å². The first-order chi connectivity index (χ1) is 7.66. The molecule has 0 bridgehead atoms. The molecule has 1 atom stereocenters. The molecule has 1 unspecified atom stereocenters. The van der Waals surface area contributed by atoms with Crippen LogP contribution >= 0.6 is 0 Å². The summed E-state index contributed by atoms with van der Waals surface area (Å²) in [7, 11) is 0. The van der Waals surface area contributed by atoms with Crippen LogP contribution in [0.5, 0.6) is 0 Å². The molecule has 16 heavy (non-hydrogen) atoms. The van der Waals surface area contributed by atoms with Crippen LogP contribution in [0.3, 0.4) is 0 Å². The molecule has 0 aromatic heterocycles. The van der Waals surface area contributed by atoms with E-state index in [-0.39, 0.29) is 0 Å². The summed E-state index contributed by atoms with van der Waals surface area (Å²) >= 11 is 0. The zero-order valence-corrected chi connectivity index (χ0v) is 10.4. The van der Waals surface area contributed by atoms with Crippen LogP contribution in [0.25, 0.3) is 0 Å². The van der Waals surface area contributed by atoms with Gasteiger partial charge in [-0.1, -0.05) is 13.0 Å². The van der Waals surface area contributed by atoms with Gasteiger partial charge in [-0.3, -0.25) is 0 Å². The first-order valence-corrected chi connectivity index (χ1v) is 6.28. The summed E-state index contributed by atoms with van der Waals surface area (Å²) in [4.78, 5) is 2.47. The Bertz CT molecular complexity index is 360. The number of nitrogen functional groups attached to an aromatic ring is 1. The maximum atomic E-state index is 5.97. The van der Waals surface area contributed by atoms with Crippen LogP contribution in [0.2, 0.25) is 0 Å². The number of nitrogens with zero attached hydrogens (tertiary/aromatic N) is 1. The molecule has 2 N–H and O–H groups in total. The Morgan fingerprint density at radius 3 is 2.81 bits per heavy atom. The van der Waals surface area contributed by atoms with E-state index >= 15 is 0 Å². The summed E-state index contributed by atoms with van der Waals surface area (Å²) in [6.45, 7) is 6.76. The molecule has 1 aliphatic rings. The highest BCUT2D eigenvalue weighted by atomic mass is 15.1. The third kappa shape index (κ3) is 2.49. The molecule has 1 fully saturated rings. The lowest BCUT2D eigenvalue weighted by atomic mass is 10.0. The fourth-order valence-corrected chi connectivity index (χ4v) is 2.35. The van der Waals surface area contributed by atoms with Crippen molar-refractivity contribution in [3.05, 3.63) is 23.8 Å². The third-order valence-corrected chi connectivity index (χ3v) is 3.64. The molecule has 2 rings (SSSR count). The Hall–Kier alpha value is -1.18. The van der Waals surface area contributed by atoms with Crippen molar-refractivity contribution in [1.29, 1.82) is 0 Å². The maximum absolute atomic E-state index is 5.97. The van der Waals surface area contributed by atoms with Crippen molar-refractivity contribution in [2.24, 2.45) is 5.92 Å². The van der Waals surface area contributed by atoms with Gasteiger partial charge < -0.3 is 10.6 Å². The quantitative estimate of drug-likeness (QED) is 0.733. The van der Waals surface area contributed by atoms with E-state index in [9.17, 15) is 0 Å². The summed E-state index contributed by atoms with van der Waals surface area (Å²) < 4.78 is 0. The van der Waals surface area contributed by atoms with Gasteiger partial charge in [0.1, 0.15) is 0 Å². The SMILES string of the molecule is Cc1ccc(N2CCCC(C)CC2)cc1N. The normalized spacial score (nSPS) is 21.9. The Balaban J connectivity index is 2.13. The Morgan fingerprint density at radius 2 is 2.06 bits per heavy atom. The van der Waals surface area contributed by atoms with Gasteiger partial charge in [-0.05, 0) is 49.8 Å². The van der Waals surface area contributed by atoms with Gasteiger partial charge in [-0.15, -0.1) is 0 Å². The Labute approximate surface area is 98.4 Å². The minimum Gasteiger partial charge on any atom is -0.398 e. The van der Waals surface area contributed by atoms with E-state index in [1.807, 2.05) is 0 Å². The molecular weight excluding hydrogens is 196 g/mol. The lowest BCUT2D eigenvalue weighted by Crippen LogP contribution is -2.24. The number of benzene rings is 1. The van der Waals surface area contributed by atoms with Crippen LogP contribution in [0.15, 0.2) is 18.2 Å². The minimum atomic E-state index is 0.868. The molecule has 1 aromatic carbocycles. The van der Waals surface area contributed by atoms with Gasteiger partial charge in [0.25, 0.3) is 0 Å². The summed E-state index contributed by atoms with van der Waals surface area (Å²) in [6.07, 6.45) is 3.96. The van der Waals surface area contributed by atoms with E-state index in [2.05, 4.69) is 36.9 Å². The third-order valence-electron chi connectivity index (χ3n) is 3.64. The van der Waals surface area contributed by atoms with Gasteiger partial charge >= 0.3 is 0 Å². The topological polar surface area (TPSA) is 29.3 Å². The van der Waals surface area contributed by atoms with Crippen molar-refractivity contribution in [2.75, 3.05) is 23.7 Å². The number of hydrogen-bond donors (Lipinski definition) is 1. The van der Waals surface area contributed by atoms with Crippen LogP contribution < -0.4 is 10.6 Å². The van der Waals surface area contributed by atoms with Crippen molar-refractivity contribution in [1.82, 2.24) is 0 Å². The molecular formula is C14H22N2. The molecule has 0 amide bonds. The summed E-state index contributed by atoms with van der Waals surface area (Å²) in [5, 5.41) is 0. The second kappa shape index (κ2) is 4.77. The molecule has 0 saturated carbocycles. The molecule has 0 spiro atoms. The van der Waals surface area contributed by atoms with Gasteiger partial charge in [-0.25, -0.2) is 0 Å². The Kier molecular flexibility index (Phi) is 3.37. The van der Waals surface area contributed by atoms with E-state index in [1.54, 1.807) is 0 Å². The number of rotatable bonds is 1. The van der Waals surface area contributed by atoms with Gasteiger partial charge in [0.15, 0.2) is 0 Å². The smallest absolute Gasteiger partial charge is 0.0387 e. The van der Waals surface area contributed by atoms with Crippen LogP contribution in [0.1, 0.15) is 31.7 Å². The van der Waals surface area contributed by atoms with Gasteiger partial charge in [0.05, 0.1) is 0 Å². The monoisotopic (exact) mass is 218 g/mol. The highest BCUT2D eigenvalue weighted by Gasteiger charge is 2.14. The zero-order chi connectivity index (χ0) is 11.5. The zero-order valence-electron chi connectivity index (χ0n) is 10.4. The molecule has 2 heteroatoms. The average Bonchev–Trinajstić information content (AvgIpc) is 2.47. The predicted octanol–water partition coefficient (Wildman–Crippen LogP) is 3.20. The second-order valence-corrected chi connectivity index (χ2v) is 5.06. The Morgan fingerprint density at radius 1 is 1.25 bits per heavy atom. The molecule has 2 nitrogen and oxygen atoms in total. The molecule has 1 aliphatic heterocycles. The molecule has 1 heterocycles. The molecule has 88 valence electrons. The van der Waals surface area contributed by atoms with E-state index < -0.39 is 0 Å². The minimum absolute atomic E-state index is 0.868. The standard InChI is InChI=1S/C14H22N2/c1-11-4-3-8-16(9-7-11)13-6-5-12(2)14(15)10-13/h5-6,10-11H,3-4,7-9,15H2,1-2H3. The highest BCUT2D eigenvalue weighted by molar-refractivity contribution is 5.59. The van der Waals surface area contributed by atoms with Crippen LogP contribution in [-0.4, -0.2) is 13.1 Å². The van der Waals surface area contributed by atoms with Crippen LogP contribution in [-0.2, 0) is 0 Å². The van der Waals surface area contributed by atoms with Crippen LogP contribution in [0, 0.1) is 12.8 Å². The largest absolute Gasteiger partial charge is 0.398 e. The highest BCUT2D eigenvalue weighted by Crippen LogP contribution is 2.25. The number of anilines is 2. The van der Waals surface area contributed by atoms with Gasteiger partial charge in [-0.2, -0.15) is 0 Å². The summed E-state index contributed by atoms with van der Waals surface area (Å²) in [5.74, 6) is 0.868. The fourth-order valence-electron chi connectivity index (χ4n) is 2.35. The molecule has 1 aromatic rings. The number of nitrogens with two attached hydrogens (primary N) is 1. The van der Waals surface area contributed by atoms with E-state index in [1.165, 1.54) is 43.6 Å². The maximum Gasteiger partial charge on any atom is 0.0387 e. The van der Waals surface area contributed by atoms with Crippen molar-refractivity contribution >= 4 is 11.4 Å². The first kappa shape index (κ1) is 11.3. The van der Waals surface area contributed by atoms with E-state index in [0.717, 1.165) is 11.6 Å². The van der Waals surface area contributed by atoms with E-state index in [0.29, 0.717) is 0 Å². The van der Waals surface area contributed by atoms with Crippen molar-refractivity contribution in [3.8, 4) is 0 Å². The predicted molar refractivity (Wildman–Crippen MR) is 70.8 cm³/mol. The lowest BCUT2D eigenvalue weighted by molar-refractivity contribution is 0.521. The van der Waals surface area contributed by atoms with Crippen molar-refractivity contribution in [2.45, 2.75) is 33.1 Å². The summed E-state index contributed by atoms with van der Waals surface area (Å²) in [6, 6.07) is 6.44. The van der Waals surface area contributed by atoms with Crippen LogP contribution in [0.4, 0.5) is 11.4 Å². The first-order valence-electron chi connectivity index (χ1n) is 6.28. The number of aryl methyl sites for hydroxylation is 1. The molecule has 0 radical (unpaired) electrons. The second-order valence-electron chi connectivity index (χ2n) is 5.06. The van der Waals surface area contributed by atoms with Gasteiger partial charge in [0.2, 0.25) is 0 Å². The lowest BCUT2D eigenvalue weighted by Gasteiger charge is -2.23. The molecule has 1 saturated heterocycles.